The summed E-state index contributed by atoms with van der Waals surface area (Å²) in [5, 5.41) is 8.54. The van der Waals surface area contributed by atoms with E-state index in [0.29, 0.717) is 13.0 Å². The van der Waals surface area contributed by atoms with E-state index in [-0.39, 0.29) is 18.7 Å². The molecule has 1 rings (SSSR count). The molecule has 1 amide bonds. The smallest absolute Gasteiger partial charge is 0.303 e. The van der Waals surface area contributed by atoms with Crippen molar-refractivity contribution in [3.8, 4) is 0 Å². The summed E-state index contributed by atoms with van der Waals surface area (Å²) in [4.78, 5) is 23.9. The number of hydrogen-bond acceptors (Lipinski definition) is 2. The van der Waals surface area contributed by atoms with Gasteiger partial charge in [0.2, 0.25) is 5.91 Å². The van der Waals surface area contributed by atoms with E-state index in [9.17, 15) is 9.59 Å². The first-order chi connectivity index (χ1) is 8.90. The fourth-order valence-electron chi connectivity index (χ4n) is 1.74. The minimum atomic E-state index is -0.863. The van der Waals surface area contributed by atoms with Crippen molar-refractivity contribution in [1.29, 1.82) is 0 Å². The lowest BCUT2D eigenvalue weighted by atomic mass is 10.1. The van der Waals surface area contributed by atoms with Gasteiger partial charge in [0.25, 0.3) is 0 Å². The zero-order chi connectivity index (χ0) is 14.4. The van der Waals surface area contributed by atoms with Crippen LogP contribution in [0.5, 0.6) is 0 Å². The lowest BCUT2D eigenvalue weighted by Crippen LogP contribution is -2.26. The van der Waals surface area contributed by atoms with E-state index in [1.54, 1.807) is 11.9 Å². The molecule has 0 bridgehead atoms. The van der Waals surface area contributed by atoms with Crippen LogP contribution in [0.3, 0.4) is 0 Å². The van der Waals surface area contributed by atoms with Gasteiger partial charge >= 0.3 is 5.97 Å². The molecule has 0 saturated carbocycles. The maximum absolute atomic E-state index is 11.8. The number of amides is 1. The second-order valence-electron chi connectivity index (χ2n) is 4.57. The van der Waals surface area contributed by atoms with Crippen LogP contribution >= 0.6 is 15.9 Å². The molecule has 0 aromatic heterocycles. The van der Waals surface area contributed by atoms with Crippen LogP contribution in [0.1, 0.15) is 30.4 Å². The zero-order valence-corrected chi connectivity index (χ0v) is 12.7. The molecule has 0 unspecified atom stereocenters. The highest BCUT2D eigenvalue weighted by atomic mass is 79.9. The Morgan fingerprint density at radius 1 is 1.32 bits per heavy atom. The van der Waals surface area contributed by atoms with E-state index in [1.165, 1.54) is 0 Å². The summed E-state index contributed by atoms with van der Waals surface area (Å²) in [6.07, 6.45) is 0.696. The van der Waals surface area contributed by atoms with Crippen LogP contribution < -0.4 is 0 Å². The van der Waals surface area contributed by atoms with E-state index in [2.05, 4.69) is 15.9 Å². The minimum absolute atomic E-state index is 0.0272. The van der Waals surface area contributed by atoms with Crippen LogP contribution in [0.15, 0.2) is 22.7 Å². The normalized spacial score (nSPS) is 10.3. The molecule has 5 heteroatoms. The molecule has 0 atom stereocenters. The van der Waals surface area contributed by atoms with Gasteiger partial charge in [-0.15, -0.1) is 0 Å². The van der Waals surface area contributed by atoms with Crippen molar-refractivity contribution in [3.05, 3.63) is 33.8 Å². The average molecular weight is 328 g/mol. The molecule has 0 aliphatic carbocycles. The summed E-state index contributed by atoms with van der Waals surface area (Å²) in [7, 11) is 1.74. The van der Waals surface area contributed by atoms with Crippen molar-refractivity contribution >= 4 is 27.8 Å². The van der Waals surface area contributed by atoms with E-state index in [0.717, 1.165) is 15.6 Å². The number of carbonyl (C=O) groups is 2. The Hall–Kier alpha value is -1.36. The van der Waals surface area contributed by atoms with Gasteiger partial charge in [-0.2, -0.15) is 0 Å². The van der Waals surface area contributed by atoms with E-state index in [4.69, 9.17) is 5.11 Å². The van der Waals surface area contributed by atoms with E-state index >= 15 is 0 Å². The fraction of sp³-hybridized carbons (Fsp3) is 0.429. The van der Waals surface area contributed by atoms with Crippen LogP contribution in [-0.2, 0) is 16.1 Å². The van der Waals surface area contributed by atoms with Crippen LogP contribution in [0.2, 0.25) is 0 Å². The first-order valence-electron chi connectivity index (χ1n) is 6.11. The predicted molar refractivity (Wildman–Crippen MR) is 76.8 cm³/mol. The largest absolute Gasteiger partial charge is 0.481 e. The second-order valence-corrected chi connectivity index (χ2v) is 5.48. The Balaban J connectivity index is 2.53. The Morgan fingerprint density at radius 2 is 2.00 bits per heavy atom. The highest BCUT2D eigenvalue weighted by Gasteiger charge is 2.11. The summed E-state index contributed by atoms with van der Waals surface area (Å²) in [6.45, 7) is 2.54. The zero-order valence-electron chi connectivity index (χ0n) is 11.1. The molecule has 1 aromatic carbocycles. The van der Waals surface area contributed by atoms with Crippen molar-refractivity contribution in [2.75, 3.05) is 7.05 Å². The molecule has 104 valence electrons. The summed E-state index contributed by atoms with van der Waals surface area (Å²) in [5.41, 5.74) is 2.22. The van der Waals surface area contributed by atoms with Gasteiger partial charge in [0.1, 0.15) is 0 Å². The fourth-order valence-corrected chi connectivity index (χ4v) is 2.14. The van der Waals surface area contributed by atoms with Gasteiger partial charge in [0.15, 0.2) is 0 Å². The lowest BCUT2D eigenvalue weighted by molar-refractivity contribution is -0.137. The number of rotatable bonds is 6. The van der Waals surface area contributed by atoms with Crippen LogP contribution in [0, 0.1) is 6.92 Å². The number of halogens is 1. The van der Waals surface area contributed by atoms with Gasteiger partial charge in [-0.1, -0.05) is 22.0 Å². The van der Waals surface area contributed by atoms with Crippen molar-refractivity contribution in [2.45, 2.75) is 32.7 Å². The maximum Gasteiger partial charge on any atom is 0.303 e. The molecule has 0 aliphatic rings. The number of benzene rings is 1. The SMILES string of the molecule is Cc1ccc(Br)cc1CN(C)C(=O)CCCC(=O)O. The van der Waals surface area contributed by atoms with Gasteiger partial charge < -0.3 is 10.0 Å². The highest BCUT2D eigenvalue weighted by Crippen LogP contribution is 2.17. The monoisotopic (exact) mass is 327 g/mol. The van der Waals surface area contributed by atoms with Gasteiger partial charge in [-0.05, 0) is 36.6 Å². The molecule has 4 nitrogen and oxygen atoms in total. The van der Waals surface area contributed by atoms with Crippen molar-refractivity contribution in [1.82, 2.24) is 4.90 Å². The molecule has 0 aliphatic heterocycles. The summed E-state index contributed by atoms with van der Waals surface area (Å²) < 4.78 is 0.986. The van der Waals surface area contributed by atoms with Crippen molar-refractivity contribution in [2.24, 2.45) is 0 Å². The number of aliphatic carboxylic acids is 1. The van der Waals surface area contributed by atoms with E-state index < -0.39 is 5.97 Å². The number of carboxylic acids is 1. The Kier molecular flexibility index (Phi) is 6.02. The molecule has 0 saturated heterocycles. The molecule has 1 N–H and O–H groups in total. The quantitative estimate of drug-likeness (QED) is 0.873. The van der Waals surface area contributed by atoms with Crippen LogP contribution in [0.4, 0.5) is 0 Å². The number of carbonyl (C=O) groups excluding carboxylic acids is 1. The summed E-state index contributed by atoms with van der Waals surface area (Å²) in [5.74, 6) is -0.890. The minimum Gasteiger partial charge on any atom is -0.481 e. The maximum atomic E-state index is 11.8. The molecule has 0 radical (unpaired) electrons. The third-order valence-electron chi connectivity index (χ3n) is 2.93. The number of aryl methyl sites for hydroxylation is 1. The predicted octanol–water partition coefficient (Wildman–Crippen LogP) is 2.97. The standard InChI is InChI=1S/C14H18BrNO3/c1-10-6-7-12(15)8-11(10)9-16(2)13(17)4-3-5-14(18)19/h6-8H,3-5,9H2,1-2H3,(H,18,19). The highest BCUT2D eigenvalue weighted by molar-refractivity contribution is 9.10. The first kappa shape index (κ1) is 15.7. The number of nitrogens with zero attached hydrogens (tertiary/aromatic N) is 1. The van der Waals surface area contributed by atoms with Crippen molar-refractivity contribution in [3.63, 3.8) is 0 Å². The van der Waals surface area contributed by atoms with Gasteiger partial charge in [-0.3, -0.25) is 9.59 Å². The number of carboxylic acid groups (broad SMARTS) is 1. The van der Waals surface area contributed by atoms with Gasteiger partial charge in [0, 0.05) is 30.9 Å². The topological polar surface area (TPSA) is 57.6 Å². The van der Waals surface area contributed by atoms with E-state index in [1.807, 2.05) is 25.1 Å². The molecule has 19 heavy (non-hydrogen) atoms. The molecule has 1 aromatic rings. The van der Waals surface area contributed by atoms with Crippen LogP contribution in [-0.4, -0.2) is 28.9 Å². The Labute approximate surface area is 121 Å². The molecule has 0 heterocycles. The van der Waals surface area contributed by atoms with Gasteiger partial charge in [0.05, 0.1) is 0 Å². The first-order valence-corrected chi connectivity index (χ1v) is 6.90. The second kappa shape index (κ2) is 7.28. The lowest BCUT2D eigenvalue weighted by Gasteiger charge is -2.18. The van der Waals surface area contributed by atoms with Crippen LogP contribution in [0.25, 0.3) is 0 Å². The van der Waals surface area contributed by atoms with Gasteiger partial charge in [-0.25, -0.2) is 0 Å². The molecule has 0 spiro atoms. The third kappa shape index (κ3) is 5.42. The molecular formula is C14H18BrNO3. The Bertz CT molecular complexity index is 474. The van der Waals surface area contributed by atoms with Crippen molar-refractivity contribution < 1.29 is 14.7 Å². The number of hydrogen-bond donors (Lipinski definition) is 1. The summed E-state index contributed by atoms with van der Waals surface area (Å²) in [6, 6.07) is 5.96. The Morgan fingerprint density at radius 3 is 2.63 bits per heavy atom. The third-order valence-corrected chi connectivity index (χ3v) is 3.42. The average Bonchev–Trinajstić information content (AvgIpc) is 2.33. The molecular weight excluding hydrogens is 310 g/mol. The summed E-state index contributed by atoms with van der Waals surface area (Å²) >= 11 is 3.41. The molecule has 0 fully saturated rings.